The van der Waals surface area contributed by atoms with Crippen LogP contribution in [0.25, 0.3) is 0 Å². The lowest BCUT2D eigenvalue weighted by molar-refractivity contribution is 0.301. The molecule has 2 aromatic carbocycles. The second-order valence-electron chi connectivity index (χ2n) is 4.76. The van der Waals surface area contributed by atoms with E-state index in [1.54, 1.807) is 0 Å². The Balaban J connectivity index is 2.15. The quantitative estimate of drug-likeness (QED) is 0.637. The van der Waals surface area contributed by atoms with E-state index in [4.69, 9.17) is 4.74 Å². The van der Waals surface area contributed by atoms with Gasteiger partial charge in [-0.3, -0.25) is 0 Å². The van der Waals surface area contributed by atoms with Crippen molar-refractivity contribution < 1.29 is 4.74 Å². The molecule has 3 heteroatoms. The molecule has 0 spiro atoms. The SMILES string of the molecule is CC(C)c1cc(Br)ccc1OCc1cccc(Br)c1. The Hall–Kier alpha value is -0.800. The first-order valence-corrected chi connectivity index (χ1v) is 7.81. The Bertz CT molecular complexity index is 564. The van der Waals surface area contributed by atoms with Gasteiger partial charge in [0.2, 0.25) is 0 Å². The standard InChI is InChI=1S/C16H16Br2O/c1-11(2)15-9-14(18)6-7-16(15)19-10-12-4-3-5-13(17)8-12/h3-9,11H,10H2,1-2H3. The molecule has 0 bridgehead atoms. The molecule has 2 aromatic rings. The summed E-state index contributed by atoms with van der Waals surface area (Å²) in [5, 5.41) is 0. The lowest BCUT2D eigenvalue weighted by atomic mass is 10.0. The van der Waals surface area contributed by atoms with Gasteiger partial charge in [0.05, 0.1) is 0 Å². The molecule has 0 aromatic heterocycles. The Kier molecular flexibility index (Phi) is 5.06. The second-order valence-corrected chi connectivity index (χ2v) is 6.59. The van der Waals surface area contributed by atoms with Crippen LogP contribution in [-0.2, 0) is 6.61 Å². The zero-order chi connectivity index (χ0) is 13.8. The van der Waals surface area contributed by atoms with Crippen LogP contribution in [0.2, 0.25) is 0 Å². The van der Waals surface area contributed by atoms with Gasteiger partial charge in [0.1, 0.15) is 12.4 Å². The molecule has 0 amide bonds. The van der Waals surface area contributed by atoms with Crippen LogP contribution in [0, 0.1) is 0 Å². The van der Waals surface area contributed by atoms with Crippen LogP contribution in [0.15, 0.2) is 51.4 Å². The number of hydrogen-bond donors (Lipinski definition) is 0. The molecule has 100 valence electrons. The van der Waals surface area contributed by atoms with E-state index in [1.807, 2.05) is 24.3 Å². The van der Waals surface area contributed by atoms with Crippen molar-refractivity contribution in [1.29, 1.82) is 0 Å². The molecule has 19 heavy (non-hydrogen) atoms. The average molecular weight is 384 g/mol. The van der Waals surface area contributed by atoms with Crippen molar-refractivity contribution in [2.24, 2.45) is 0 Å². The topological polar surface area (TPSA) is 9.23 Å². The van der Waals surface area contributed by atoms with Crippen molar-refractivity contribution in [2.45, 2.75) is 26.4 Å². The van der Waals surface area contributed by atoms with Gasteiger partial charge in [0.15, 0.2) is 0 Å². The first-order chi connectivity index (χ1) is 9.06. The fraction of sp³-hybridized carbons (Fsp3) is 0.250. The summed E-state index contributed by atoms with van der Waals surface area (Å²) in [5.41, 5.74) is 2.39. The van der Waals surface area contributed by atoms with E-state index < -0.39 is 0 Å². The van der Waals surface area contributed by atoms with E-state index in [0.717, 1.165) is 20.3 Å². The number of rotatable bonds is 4. The van der Waals surface area contributed by atoms with Crippen LogP contribution >= 0.6 is 31.9 Å². The van der Waals surface area contributed by atoms with Gasteiger partial charge in [-0.2, -0.15) is 0 Å². The minimum atomic E-state index is 0.440. The normalized spacial score (nSPS) is 10.8. The zero-order valence-electron chi connectivity index (χ0n) is 11.0. The van der Waals surface area contributed by atoms with Crippen molar-refractivity contribution in [3.63, 3.8) is 0 Å². The molecule has 0 saturated carbocycles. The number of benzene rings is 2. The molecule has 2 rings (SSSR count). The monoisotopic (exact) mass is 382 g/mol. The predicted molar refractivity (Wildman–Crippen MR) is 86.7 cm³/mol. The molecule has 0 heterocycles. The van der Waals surface area contributed by atoms with Gasteiger partial charge in [-0.25, -0.2) is 0 Å². The maximum Gasteiger partial charge on any atom is 0.123 e. The lowest BCUT2D eigenvalue weighted by Crippen LogP contribution is -2.00. The van der Waals surface area contributed by atoms with Crippen molar-refractivity contribution in [3.8, 4) is 5.75 Å². The van der Waals surface area contributed by atoms with Crippen molar-refractivity contribution >= 4 is 31.9 Å². The maximum absolute atomic E-state index is 5.95. The minimum absolute atomic E-state index is 0.440. The molecule has 0 aliphatic heterocycles. The molecule has 0 N–H and O–H groups in total. The van der Waals surface area contributed by atoms with Gasteiger partial charge >= 0.3 is 0 Å². The summed E-state index contributed by atoms with van der Waals surface area (Å²) in [4.78, 5) is 0. The molecule has 1 nitrogen and oxygen atoms in total. The highest BCUT2D eigenvalue weighted by atomic mass is 79.9. The highest BCUT2D eigenvalue weighted by molar-refractivity contribution is 9.10. The Morgan fingerprint density at radius 3 is 2.42 bits per heavy atom. The summed E-state index contributed by atoms with van der Waals surface area (Å²) in [5.74, 6) is 1.40. The largest absolute Gasteiger partial charge is 0.489 e. The number of hydrogen-bond acceptors (Lipinski definition) is 1. The third-order valence-corrected chi connectivity index (χ3v) is 3.86. The maximum atomic E-state index is 5.95. The van der Waals surface area contributed by atoms with Gasteiger partial charge < -0.3 is 4.74 Å². The minimum Gasteiger partial charge on any atom is -0.489 e. The van der Waals surface area contributed by atoms with Crippen LogP contribution in [0.5, 0.6) is 5.75 Å². The van der Waals surface area contributed by atoms with Gasteiger partial charge in [-0.15, -0.1) is 0 Å². The highest BCUT2D eigenvalue weighted by Crippen LogP contribution is 2.30. The number of halogens is 2. The van der Waals surface area contributed by atoms with E-state index in [1.165, 1.54) is 5.56 Å². The van der Waals surface area contributed by atoms with Crippen molar-refractivity contribution in [2.75, 3.05) is 0 Å². The summed E-state index contributed by atoms with van der Waals surface area (Å²) >= 11 is 6.98. The van der Waals surface area contributed by atoms with Crippen LogP contribution in [0.1, 0.15) is 30.9 Å². The molecule has 0 unspecified atom stereocenters. The predicted octanol–water partition coefficient (Wildman–Crippen LogP) is 5.91. The second kappa shape index (κ2) is 6.58. The first kappa shape index (κ1) is 14.6. The van der Waals surface area contributed by atoms with E-state index in [0.29, 0.717) is 12.5 Å². The summed E-state index contributed by atoms with van der Waals surface area (Å²) in [6, 6.07) is 14.4. The van der Waals surface area contributed by atoms with Crippen molar-refractivity contribution in [3.05, 3.63) is 62.5 Å². The van der Waals surface area contributed by atoms with Crippen LogP contribution in [0.4, 0.5) is 0 Å². The Morgan fingerprint density at radius 2 is 1.74 bits per heavy atom. The zero-order valence-corrected chi connectivity index (χ0v) is 14.2. The summed E-state index contributed by atoms with van der Waals surface area (Å²) in [6.07, 6.45) is 0. The highest BCUT2D eigenvalue weighted by Gasteiger charge is 2.08. The van der Waals surface area contributed by atoms with E-state index in [-0.39, 0.29) is 0 Å². The summed E-state index contributed by atoms with van der Waals surface area (Å²) in [6.45, 7) is 4.93. The number of ether oxygens (including phenoxy) is 1. The Morgan fingerprint density at radius 1 is 1.00 bits per heavy atom. The lowest BCUT2D eigenvalue weighted by Gasteiger charge is -2.14. The van der Waals surface area contributed by atoms with Crippen molar-refractivity contribution in [1.82, 2.24) is 0 Å². The van der Waals surface area contributed by atoms with E-state index in [9.17, 15) is 0 Å². The van der Waals surface area contributed by atoms with E-state index >= 15 is 0 Å². The summed E-state index contributed by atoms with van der Waals surface area (Å²) in [7, 11) is 0. The van der Waals surface area contributed by atoms with Crippen LogP contribution < -0.4 is 4.74 Å². The summed E-state index contributed by atoms with van der Waals surface area (Å²) < 4.78 is 8.12. The molecular weight excluding hydrogens is 368 g/mol. The molecule has 0 fully saturated rings. The van der Waals surface area contributed by atoms with E-state index in [2.05, 4.69) is 63.9 Å². The average Bonchev–Trinajstić information content (AvgIpc) is 2.37. The third kappa shape index (κ3) is 4.08. The molecule has 0 aliphatic carbocycles. The van der Waals surface area contributed by atoms with Crippen LogP contribution in [0.3, 0.4) is 0 Å². The fourth-order valence-electron chi connectivity index (χ4n) is 1.89. The van der Waals surface area contributed by atoms with Gasteiger partial charge in [0, 0.05) is 8.95 Å². The van der Waals surface area contributed by atoms with Gasteiger partial charge in [0.25, 0.3) is 0 Å². The molecular formula is C16H16Br2O. The van der Waals surface area contributed by atoms with Gasteiger partial charge in [-0.1, -0.05) is 57.8 Å². The molecule has 0 saturated heterocycles. The molecule has 0 atom stereocenters. The first-order valence-electron chi connectivity index (χ1n) is 6.23. The molecule has 0 radical (unpaired) electrons. The Labute approximate surface area is 131 Å². The van der Waals surface area contributed by atoms with Crippen LogP contribution in [-0.4, -0.2) is 0 Å². The van der Waals surface area contributed by atoms with Gasteiger partial charge in [-0.05, 0) is 47.4 Å². The molecule has 0 aliphatic rings. The fourth-order valence-corrected chi connectivity index (χ4v) is 2.72. The smallest absolute Gasteiger partial charge is 0.123 e. The third-order valence-electron chi connectivity index (χ3n) is 2.88.